The quantitative estimate of drug-likeness (QED) is 0.299. The molecule has 0 aromatic heterocycles. The zero-order valence-electron chi connectivity index (χ0n) is 23.2. The molecule has 5 nitrogen and oxygen atoms in total. The van der Waals surface area contributed by atoms with Gasteiger partial charge in [-0.1, -0.05) is 65.0 Å². The topological polar surface area (TPSA) is 87.0 Å². The lowest BCUT2D eigenvalue weighted by Crippen LogP contribution is -2.27. The van der Waals surface area contributed by atoms with E-state index in [2.05, 4.69) is 71.9 Å². The normalized spacial score (nSPS) is 13.9. The number of ether oxygens (including phenoxy) is 1. The number of aliphatic hydroxyl groups excluding tert-OH is 2. The van der Waals surface area contributed by atoms with E-state index in [0.29, 0.717) is 5.75 Å². The van der Waals surface area contributed by atoms with Crippen molar-refractivity contribution in [3.8, 4) is 5.75 Å². The number of aliphatic carboxylic acids is 1. The number of carbonyl (C=O) groups is 1. The van der Waals surface area contributed by atoms with E-state index in [9.17, 15) is 15.0 Å². The molecule has 0 unspecified atom stereocenters. The van der Waals surface area contributed by atoms with E-state index in [4.69, 9.17) is 9.84 Å². The zero-order valence-corrected chi connectivity index (χ0v) is 23.2. The zero-order chi connectivity index (χ0) is 27.1. The molecule has 0 radical (unpaired) electrons. The highest BCUT2D eigenvalue weighted by molar-refractivity contribution is 5.66. The van der Waals surface area contributed by atoms with Crippen molar-refractivity contribution in [3.63, 3.8) is 0 Å². The Balaban J connectivity index is 2.23. The largest absolute Gasteiger partial charge is 0.491 e. The standard InChI is InChI=1S/C31H46O5/c1-8-31(9-2,24-12-10-23(21(3)18-24)11-16-28(33)30(5,6)7)25-13-15-27(22(4)19-25)36-20-26(32)14-17-29(34)35/h10,12-13,15,18-19,26,28,32-33H,8-9,11,14,16-17,20H2,1-7H3,(H,34,35)/t26-,28-/m0/s1. The van der Waals surface area contributed by atoms with Gasteiger partial charge in [0.05, 0.1) is 12.2 Å². The third-order valence-electron chi connectivity index (χ3n) is 7.64. The number of hydrogen-bond acceptors (Lipinski definition) is 4. The van der Waals surface area contributed by atoms with Crippen LogP contribution in [0.2, 0.25) is 0 Å². The third kappa shape index (κ3) is 7.57. The fourth-order valence-electron chi connectivity index (χ4n) is 4.90. The van der Waals surface area contributed by atoms with Crippen molar-refractivity contribution in [2.75, 3.05) is 6.61 Å². The summed E-state index contributed by atoms with van der Waals surface area (Å²) in [5.74, 6) is -0.214. The highest BCUT2D eigenvalue weighted by Crippen LogP contribution is 2.41. The van der Waals surface area contributed by atoms with Crippen molar-refractivity contribution < 1.29 is 24.9 Å². The van der Waals surface area contributed by atoms with Gasteiger partial charge in [-0.3, -0.25) is 4.79 Å². The maximum Gasteiger partial charge on any atom is 0.303 e. The van der Waals surface area contributed by atoms with Crippen molar-refractivity contribution in [1.82, 2.24) is 0 Å². The molecule has 0 saturated heterocycles. The van der Waals surface area contributed by atoms with Gasteiger partial charge < -0.3 is 20.1 Å². The van der Waals surface area contributed by atoms with Gasteiger partial charge in [0.25, 0.3) is 0 Å². The second-order valence-electron chi connectivity index (χ2n) is 11.2. The lowest BCUT2D eigenvalue weighted by atomic mass is 9.69. The summed E-state index contributed by atoms with van der Waals surface area (Å²) in [5.41, 5.74) is 5.82. The molecule has 36 heavy (non-hydrogen) atoms. The molecule has 0 amide bonds. The lowest BCUT2D eigenvalue weighted by molar-refractivity contribution is -0.137. The van der Waals surface area contributed by atoms with E-state index in [1.165, 1.54) is 22.3 Å². The highest BCUT2D eigenvalue weighted by Gasteiger charge is 2.31. The molecular formula is C31H46O5. The van der Waals surface area contributed by atoms with Crippen LogP contribution in [0.5, 0.6) is 5.75 Å². The van der Waals surface area contributed by atoms with Crippen LogP contribution in [-0.4, -0.2) is 40.1 Å². The van der Waals surface area contributed by atoms with Crippen LogP contribution in [0.4, 0.5) is 0 Å². The smallest absolute Gasteiger partial charge is 0.303 e. The molecule has 3 N–H and O–H groups in total. The lowest BCUT2D eigenvalue weighted by Gasteiger charge is -2.34. The molecule has 2 rings (SSSR count). The van der Waals surface area contributed by atoms with Gasteiger partial charge in [-0.05, 0) is 85.3 Å². The Bertz CT molecular complexity index is 1000. The fourth-order valence-corrected chi connectivity index (χ4v) is 4.90. The molecule has 0 aliphatic heterocycles. The van der Waals surface area contributed by atoms with Crippen molar-refractivity contribution in [3.05, 3.63) is 64.2 Å². The van der Waals surface area contributed by atoms with Crippen LogP contribution in [0.15, 0.2) is 36.4 Å². The summed E-state index contributed by atoms with van der Waals surface area (Å²) in [4.78, 5) is 10.7. The van der Waals surface area contributed by atoms with Crippen LogP contribution in [0.25, 0.3) is 0 Å². The maximum absolute atomic E-state index is 10.7. The second kappa shape index (κ2) is 12.7. The molecular weight excluding hydrogens is 452 g/mol. The minimum absolute atomic E-state index is 0.0741. The number of aliphatic hydroxyl groups is 2. The molecule has 0 aliphatic rings. The van der Waals surface area contributed by atoms with Crippen molar-refractivity contribution >= 4 is 5.97 Å². The summed E-state index contributed by atoms with van der Waals surface area (Å²) >= 11 is 0. The third-order valence-corrected chi connectivity index (χ3v) is 7.64. The van der Waals surface area contributed by atoms with Gasteiger partial charge in [0.2, 0.25) is 0 Å². The van der Waals surface area contributed by atoms with Crippen molar-refractivity contribution in [1.29, 1.82) is 0 Å². The molecule has 0 saturated carbocycles. The molecule has 200 valence electrons. The van der Waals surface area contributed by atoms with Gasteiger partial charge in [-0.2, -0.15) is 0 Å². The Morgan fingerprint density at radius 3 is 2.00 bits per heavy atom. The number of rotatable bonds is 13. The molecule has 2 aromatic carbocycles. The van der Waals surface area contributed by atoms with Crippen LogP contribution in [0.3, 0.4) is 0 Å². The molecule has 0 fully saturated rings. The molecule has 2 atom stereocenters. The Hall–Kier alpha value is -2.37. The van der Waals surface area contributed by atoms with Gasteiger partial charge in [0, 0.05) is 11.8 Å². The Morgan fingerprint density at radius 2 is 1.50 bits per heavy atom. The summed E-state index contributed by atoms with van der Waals surface area (Å²) < 4.78 is 5.81. The maximum atomic E-state index is 10.7. The average Bonchev–Trinajstić information content (AvgIpc) is 2.82. The first kappa shape index (κ1) is 29.9. The molecule has 0 bridgehead atoms. The fraction of sp³-hybridized carbons (Fsp3) is 0.581. The molecule has 0 aliphatic carbocycles. The van der Waals surface area contributed by atoms with Crippen LogP contribution in [0.1, 0.15) is 94.5 Å². The second-order valence-corrected chi connectivity index (χ2v) is 11.2. The van der Waals surface area contributed by atoms with E-state index in [-0.39, 0.29) is 36.4 Å². The van der Waals surface area contributed by atoms with E-state index < -0.39 is 12.1 Å². The monoisotopic (exact) mass is 498 g/mol. The van der Waals surface area contributed by atoms with Gasteiger partial charge in [-0.15, -0.1) is 0 Å². The van der Waals surface area contributed by atoms with E-state index in [0.717, 1.165) is 31.2 Å². The number of aryl methyl sites for hydroxylation is 3. The van der Waals surface area contributed by atoms with Gasteiger partial charge in [-0.25, -0.2) is 0 Å². The summed E-state index contributed by atoms with van der Waals surface area (Å²) in [6, 6.07) is 13.0. The summed E-state index contributed by atoms with van der Waals surface area (Å²) in [7, 11) is 0. The highest BCUT2D eigenvalue weighted by atomic mass is 16.5. The van der Waals surface area contributed by atoms with Crippen molar-refractivity contribution in [2.45, 2.75) is 105 Å². The molecule has 0 heterocycles. The predicted octanol–water partition coefficient (Wildman–Crippen LogP) is 6.35. The first-order chi connectivity index (χ1) is 16.8. The predicted molar refractivity (Wildman–Crippen MR) is 146 cm³/mol. The summed E-state index contributed by atoms with van der Waals surface area (Å²) in [5, 5.41) is 29.3. The number of benzene rings is 2. The SMILES string of the molecule is CCC(CC)(c1ccc(CC[C@H](O)C(C)(C)C)c(C)c1)c1ccc(OC[C@@H](O)CCC(=O)O)c(C)c1. The van der Waals surface area contributed by atoms with Crippen LogP contribution in [-0.2, 0) is 16.6 Å². The van der Waals surface area contributed by atoms with Gasteiger partial charge >= 0.3 is 5.97 Å². The van der Waals surface area contributed by atoms with E-state index >= 15 is 0 Å². The Labute approximate surface area is 217 Å². The molecule has 0 spiro atoms. The summed E-state index contributed by atoms with van der Waals surface area (Å²) in [6.45, 7) is 14.9. The van der Waals surface area contributed by atoms with Crippen LogP contribution < -0.4 is 4.74 Å². The van der Waals surface area contributed by atoms with Crippen LogP contribution in [0, 0.1) is 19.3 Å². The molecule has 5 heteroatoms. The van der Waals surface area contributed by atoms with Crippen LogP contribution >= 0.6 is 0 Å². The first-order valence-electron chi connectivity index (χ1n) is 13.3. The average molecular weight is 499 g/mol. The Kier molecular flexibility index (Phi) is 10.6. The van der Waals surface area contributed by atoms with Crippen molar-refractivity contribution in [2.24, 2.45) is 5.41 Å². The van der Waals surface area contributed by atoms with E-state index in [1.807, 2.05) is 13.0 Å². The van der Waals surface area contributed by atoms with E-state index in [1.54, 1.807) is 0 Å². The van der Waals surface area contributed by atoms with Gasteiger partial charge in [0.15, 0.2) is 0 Å². The number of carboxylic acids is 1. The summed E-state index contributed by atoms with van der Waals surface area (Å²) in [6.07, 6.45) is 2.48. The minimum Gasteiger partial charge on any atom is -0.491 e. The molecule has 2 aromatic rings. The first-order valence-corrected chi connectivity index (χ1v) is 13.3. The number of hydrogen-bond donors (Lipinski definition) is 3. The Morgan fingerprint density at radius 1 is 0.917 bits per heavy atom. The minimum atomic E-state index is -0.921. The van der Waals surface area contributed by atoms with Gasteiger partial charge in [0.1, 0.15) is 12.4 Å². The number of carboxylic acid groups (broad SMARTS) is 1.